The van der Waals surface area contributed by atoms with Crippen LogP contribution in [0.4, 0.5) is 0 Å². The van der Waals surface area contributed by atoms with Gasteiger partial charge in [0, 0.05) is 6.61 Å². The zero-order valence-corrected chi connectivity index (χ0v) is 34.7. The number of carbonyl (C=O) groups excluding carboxylic acids is 1. The number of rotatable bonds is 17. The highest BCUT2D eigenvalue weighted by Crippen LogP contribution is 2.57. The Morgan fingerprint density at radius 2 is 1.45 bits per heavy atom. The molecule has 9 heteroatoms. The van der Waals surface area contributed by atoms with Gasteiger partial charge in [-0.15, -0.1) is 0 Å². The molecule has 0 unspecified atom stereocenters. The monoisotopic (exact) mass is 754 g/mol. The quantitative estimate of drug-likeness (QED) is 0.0448. The summed E-state index contributed by atoms with van der Waals surface area (Å²) in [5.41, 5.74) is 1.30. The van der Waals surface area contributed by atoms with Gasteiger partial charge in [-0.25, -0.2) is 0 Å². The van der Waals surface area contributed by atoms with Crippen LogP contribution in [-0.2, 0) is 23.1 Å². The fraction of sp³-hybridized carbons (Fsp3) is 0.477. The molecule has 1 fully saturated rings. The molecule has 1 aliphatic heterocycles. The van der Waals surface area contributed by atoms with Gasteiger partial charge in [-0.05, 0) is 94.6 Å². The summed E-state index contributed by atoms with van der Waals surface area (Å²) in [6.07, 6.45) is 4.71. The minimum atomic E-state index is -2.83. The van der Waals surface area contributed by atoms with E-state index in [0.717, 1.165) is 53.6 Å². The first kappa shape index (κ1) is 39.1. The first-order chi connectivity index (χ1) is 25.6. The predicted octanol–water partition coefficient (Wildman–Crippen LogP) is 8.94. The van der Waals surface area contributed by atoms with Crippen LogP contribution in [0.1, 0.15) is 67.2 Å². The van der Waals surface area contributed by atoms with E-state index in [2.05, 4.69) is 108 Å². The van der Waals surface area contributed by atoms with Crippen LogP contribution in [0.3, 0.4) is 0 Å². The Balaban J connectivity index is 1.35. The van der Waals surface area contributed by atoms with Crippen molar-refractivity contribution in [1.29, 1.82) is 0 Å². The lowest BCUT2D eigenvalue weighted by Crippen LogP contribution is -2.66. The molecule has 0 spiro atoms. The summed E-state index contributed by atoms with van der Waals surface area (Å²) >= 11 is 0. The number of allylic oxidation sites excluding steroid dienone is 1. The van der Waals surface area contributed by atoms with Crippen molar-refractivity contribution in [3.63, 3.8) is 0 Å². The van der Waals surface area contributed by atoms with Gasteiger partial charge >= 0.3 is 5.97 Å². The summed E-state index contributed by atoms with van der Waals surface area (Å²) in [5.74, 6) is 2.29. The summed E-state index contributed by atoms with van der Waals surface area (Å²) in [5, 5.41) is 2.27. The van der Waals surface area contributed by atoms with E-state index in [1.165, 1.54) is 10.4 Å². The molecule has 3 atom stereocenters. The molecule has 1 heterocycles. The molecule has 0 N–H and O–H groups in total. The van der Waals surface area contributed by atoms with Gasteiger partial charge in [0.15, 0.2) is 6.79 Å². The number of hydrogen-bond donors (Lipinski definition) is 0. The normalized spacial score (nSPS) is 21.5. The molecule has 284 valence electrons. The molecule has 1 saturated heterocycles. The maximum absolute atomic E-state index is 14.4. The van der Waals surface area contributed by atoms with Gasteiger partial charge < -0.3 is 27.8 Å². The van der Waals surface area contributed by atoms with E-state index in [9.17, 15) is 4.79 Å². The van der Waals surface area contributed by atoms with E-state index in [0.29, 0.717) is 31.8 Å². The zero-order chi connectivity index (χ0) is 37.7. The van der Waals surface area contributed by atoms with E-state index in [4.69, 9.17) is 27.8 Å². The summed E-state index contributed by atoms with van der Waals surface area (Å²) in [7, 11) is -3.26. The number of ether oxygens (including phenoxy) is 4. The Labute approximate surface area is 318 Å². The summed E-state index contributed by atoms with van der Waals surface area (Å²) in [4.78, 5) is 14.4. The van der Waals surface area contributed by atoms with Crippen LogP contribution in [0.15, 0.2) is 108 Å². The third-order valence-corrected chi connectivity index (χ3v) is 21.6. The SMILES string of the molecule is CC[Si](CC)(CC)OC1=C(COCOc2ccc(OC)cc2)C[C@]2(CCO[Si](c3ccccc3)(c3ccccc3)C(C)(C)C)C(=O)O[C@@H]3C2=CCC[C@H]13. The molecule has 6 rings (SSSR count). The van der Waals surface area contributed by atoms with Crippen LogP contribution < -0.4 is 19.8 Å². The van der Waals surface area contributed by atoms with Crippen LogP contribution in [-0.4, -0.2) is 55.8 Å². The Hall–Kier alpha value is -3.64. The van der Waals surface area contributed by atoms with Crippen molar-refractivity contribution in [1.82, 2.24) is 0 Å². The molecule has 2 aliphatic carbocycles. The predicted molar refractivity (Wildman–Crippen MR) is 216 cm³/mol. The van der Waals surface area contributed by atoms with Crippen molar-refractivity contribution in [2.45, 2.75) is 96.5 Å². The van der Waals surface area contributed by atoms with Gasteiger partial charge in [-0.2, -0.15) is 0 Å². The summed E-state index contributed by atoms with van der Waals surface area (Å²) in [6, 6.07) is 31.9. The number of carbonyl (C=O) groups is 1. The average Bonchev–Trinajstić information content (AvgIpc) is 3.44. The van der Waals surface area contributed by atoms with Crippen LogP contribution >= 0.6 is 0 Å². The van der Waals surface area contributed by atoms with Gasteiger partial charge in [-0.1, -0.05) is 108 Å². The molecule has 3 aromatic carbocycles. The third-order valence-electron chi connectivity index (χ3n) is 12.1. The molecule has 0 saturated carbocycles. The molecule has 4 bridgehead atoms. The molecule has 7 nitrogen and oxygen atoms in total. The molecular formula is C44H58O7Si2. The van der Waals surface area contributed by atoms with Crippen LogP contribution in [0.2, 0.25) is 23.2 Å². The molecule has 0 amide bonds. The van der Waals surface area contributed by atoms with E-state index < -0.39 is 22.0 Å². The maximum atomic E-state index is 14.4. The Morgan fingerprint density at radius 1 is 0.849 bits per heavy atom. The lowest BCUT2D eigenvalue weighted by atomic mass is 9.71. The average molecular weight is 755 g/mol. The fourth-order valence-corrected chi connectivity index (χ4v) is 16.2. The van der Waals surface area contributed by atoms with Crippen molar-refractivity contribution in [3.8, 4) is 11.5 Å². The zero-order valence-electron chi connectivity index (χ0n) is 32.7. The molecule has 0 aromatic heterocycles. The van der Waals surface area contributed by atoms with E-state index in [1.807, 2.05) is 24.3 Å². The highest BCUT2D eigenvalue weighted by molar-refractivity contribution is 6.99. The van der Waals surface area contributed by atoms with Gasteiger partial charge in [-0.3, -0.25) is 4.79 Å². The molecule has 0 radical (unpaired) electrons. The van der Waals surface area contributed by atoms with Gasteiger partial charge in [0.05, 0.1) is 30.8 Å². The van der Waals surface area contributed by atoms with Crippen molar-refractivity contribution < 1.29 is 32.6 Å². The topological polar surface area (TPSA) is 72.5 Å². The lowest BCUT2D eigenvalue weighted by Gasteiger charge is -2.43. The van der Waals surface area contributed by atoms with Gasteiger partial charge in [0.2, 0.25) is 8.32 Å². The first-order valence-corrected chi connectivity index (χ1v) is 23.9. The van der Waals surface area contributed by atoms with Crippen LogP contribution in [0.25, 0.3) is 0 Å². The Bertz CT molecular complexity index is 1700. The van der Waals surface area contributed by atoms with Gasteiger partial charge in [0.1, 0.15) is 17.6 Å². The highest BCUT2D eigenvalue weighted by atomic mass is 28.4. The second-order valence-corrected chi connectivity index (χ2v) is 24.8. The highest BCUT2D eigenvalue weighted by Gasteiger charge is 2.60. The van der Waals surface area contributed by atoms with E-state index in [-0.39, 0.29) is 29.8 Å². The lowest BCUT2D eigenvalue weighted by molar-refractivity contribution is -0.151. The number of esters is 1. The number of methoxy groups -OCH3 is 1. The molecule has 3 aromatic rings. The molecule has 3 aliphatic rings. The first-order valence-electron chi connectivity index (χ1n) is 19.5. The minimum absolute atomic E-state index is 0.0291. The third kappa shape index (κ3) is 7.55. The van der Waals surface area contributed by atoms with Crippen molar-refractivity contribution in [3.05, 3.63) is 108 Å². The fourth-order valence-electron chi connectivity index (χ4n) is 8.91. The van der Waals surface area contributed by atoms with Crippen molar-refractivity contribution in [2.24, 2.45) is 11.3 Å². The smallest absolute Gasteiger partial charge is 0.317 e. The second kappa shape index (κ2) is 16.4. The Morgan fingerprint density at radius 3 is 2.02 bits per heavy atom. The van der Waals surface area contributed by atoms with Crippen molar-refractivity contribution in [2.75, 3.05) is 27.1 Å². The number of benzene rings is 3. The molecular weight excluding hydrogens is 697 g/mol. The minimum Gasteiger partial charge on any atom is -0.546 e. The van der Waals surface area contributed by atoms with E-state index >= 15 is 0 Å². The summed E-state index contributed by atoms with van der Waals surface area (Å²) < 4.78 is 38.8. The Kier molecular flexibility index (Phi) is 12.1. The van der Waals surface area contributed by atoms with Gasteiger partial charge in [0.25, 0.3) is 8.32 Å². The van der Waals surface area contributed by atoms with E-state index in [1.54, 1.807) is 7.11 Å². The van der Waals surface area contributed by atoms with Crippen LogP contribution in [0.5, 0.6) is 11.5 Å². The molecule has 53 heavy (non-hydrogen) atoms. The summed E-state index contributed by atoms with van der Waals surface area (Å²) in [6.45, 7) is 14.5. The maximum Gasteiger partial charge on any atom is 0.317 e. The largest absolute Gasteiger partial charge is 0.546 e. The van der Waals surface area contributed by atoms with Crippen LogP contribution in [0, 0.1) is 11.3 Å². The van der Waals surface area contributed by atoms with Crippen molar-refractivity contribution >= 4 is 33.0 Å². The second-order valence-electron chi connectivity index (χ2n) is 15.8. The number of hydrogen-bond acceptors (Lipinski definition) is 7. The standard InChI is InChI=1S/C44H58O7Si2/c1-8-52(9-2,10-3)51-40-33(31-47-32-48-35-26-24-34(46-7)25-27-35)30-44(39-23-17-22-38(40)41(39)50-42(44)45)28-29-49-53(43(4,5)6,36-18-13-11-14-19-36)37-20-15-12-16-21-37/h11-16,18-21,23-27,38,41H,8-10,17,22,28-32H2,1-7H3/t38-,41+,44+/m1/s1.